The molecule has 8 heteroatoms. The third-order valence-electron chi connectivity index (χ3n) is 3.73. The lowest BCUT2D eigenvalue weighted by Gasteiger charge is -2.13. The Labute approximate surface area is 159 Å². The van der Waals surface area contributed by atoms with Gasteiger partial charge in [-0.2, -0.15) is 13.9 Å². The third-order valence-corrected chi connectivity index (χ3v) is 3.73. The Bertz CT molecular complexity index is 1050. The Morgan fingerprint density at radius 2 is 1.86 bits per heavy atom. The molecule has 1 heterocycles. The topological polar surface area (TPSA) is 80.3 Å². The lowest BCUT2D eigenvalue weighted by atomic mass is 10.2. The largest absolute Gasteiger partial charge is 0.433 e. The van der Waals surface area contributed by atoms with E-state index in [2.05, 4.69) is 14.8 Å². The smallest absolute Gasteiger partial charge is 0.387 e. The Hall–Kier alpha value is -3.68. The summed E-state index contributed by atoms with van der Waals surface area (Å²) in [7, 11) is 0. The van der Waals surface area contributed by atoms with E-state index in [9.17, 15) is 13.6 Å². The number of rotatable bonds is 7. The van der Waals surface area contributed by atoms with Crippen LogP contribution in [0.25, 0.3) is 5.69 Å². The van der Waals surface area contributed by atoms with Gasteiger partial charge in [0.1, 0.15) is 5.69 Å². The van der Waals surface area contributed by atoms with Gasteiger partial charge < -0.3 is 10.1 Å². The zero-order valence-corrected chi connectivity index (χ0v) is 14.6. The van der Waals surface area contributed by atoms with Gasteiger partial charge >= 0.3 is 6.61 Å². The minimum absolute atomic E-state index is 0.0294. The molecule has 1 N–H and O–H groups in total. The molecule has 0 atom stereocenters. The van der Waals surface area contributed by atoms with Crippen LogP contribution in [-0.4, -0.2) is 28.3 Å². The Balaban J connectivity index is 2.10. The van der Waals surface area contributed by atoms with Gasteiger partial charge in [-0.15, -0.1) is 0 Å². The molecule has 0 saturated carbocycles. The van der Waals surface area contributed by atoms with Crippen LogP contribution in [-0.2, 0) is 0 Å². The molecule has 0 aliphatic carbocycles. The molecule has 3 rings (SSSR count). The molecule has 1 aromatic heterocycles. The Morgan fingerprint density at radius 3 is 2.57 bits per heavy atom. The van der Waals surface area contributed by atoms with Gasteiger partial charge in [-0.1, -0.05) is 30.3 Å². The van der Waals surface area contributed by atoms with E-state index >= 15 is 0 Å². The summed E-state index contributed by atoms with van der Waals surface area (Å²) in [6, 6.07) is 16.4. The molecule has 6 nitrogen and oxygen atoms in total. The summed E-state index contributed by atoms with van der Waals surface area (Å²) in [6.07, 6.45) is 2.58. The molecule has 0 spiro atoms. The third kappa shape index (κ3) is 4.53. The monoisotopic (exact) mass is 382 g/mol. The van der Waals surface area contributed by atoms with Crippen molar-refractivity contribution in [2.75, 3.05) is 0 Å². The van der Waals surface area contributed by atoms with Crippen LogP contribution in [0, 0.1) is 5.41 Å². The number of benzene rings is 2. The number of para-hydroxylation sites is 3. The number of hydrogen-bond acceptors (Lipinski definition) is 5. The number of nitrogens with one attached hydrogen (secondary N) is 1. The van der Waals surface area contributed by atoms with E-state index in [1.54, 1.807) is 42.5 Å². The van der Waals surface area contributed by atoms with Crippen molar-refractivity contribution < 1.29 is 13.5 Å². The molecule has 0 fully saturated rings. The van der Waals surface area contributed by atoms with Crippen LogP contribution >= 0.6 is 0 Å². The first-order chi connectivity index (χ1) is 13.6. The second-order valence-electron chi connectivity index (χ2n) is 5.62. The summed E-state index contributed by atoms with van der Waals surface area (Å²) < 4.78 is 31.2. The number of aromatic nitrogens is 2. The van der Waals surface area contributed by atoms with Crippen molar-refractivity contribution in [3.8, 4) is 11.4 Å². The minimum Gasteiger partial charge on any atom is -0.433 e. The molecular weight excluding hydrogens is 366 g/mol. The molecule has 0 radical (unpaired) electrons. The molecule has 0 bridgehead atoms. The van der Waals surface area contributed by atoms with Gasteiger partial charge in [-0.3, -0.25) is 9.79 Å². The normalized spacial score (nSPS) is 11.5. The Kier molecular flexibility index (Phi) is 6.01. The van der Waals surface area contributed by atoms with Crippen molar-refractivity contribution in [3.05, 3.63) is 82.8 Å². The highest BCUT2D eigenvalue weighted by molar-refractivity contribution is 6.06. The molecule has 0 aliphatic rings. The maximum absolute atomic E-state index is 12.7. The van der Waals surface area contributed by atoms with E-state index in [0.717, 1.165) is 6.21 Å². The number of hydrogen-bond donors (Lipinski definition) is 1. The molecule has 0 unspecified atom stereocenters. The highest BCUT2D eigenvalue weighted by Gasteiger charge is 2.14. The van der Waals surface area contributed by atoms with Crippen LogP contribution in [0.1, 0.15) is 12.1 Å². The number of alkyl halides is 2. The highest BCUT2D eigenvalue weighted by Crippen LogP contribution is 2.23. The first-order valence-electron chi connectivity index (χ1n) is 8.34. The first-order valence-corrected chi connectivity index (χ1v) is 8.34. The van der Waals surface area contributed by atoms with E-state index < -0.39 is 6.61 Å². The molecule has 0 saturated heterocycles. The van der Waals surface area contributed by atoms with Crippen LogP contribution < -0.4 is 10.2 Å². The van der Waals surface area contributed by atoms with Crippen LogP contribution in [0.5, 0.6) is 5.75 Å². The fourth-order valence-electron chi connectivity index (χ4n) is 2.53. The molecule has 0 aliphatic heterocycles. The SMILES string of the molecule is N=CCC(=Nc1ccccc1)c1nn(-c2ccccc2OC(F)F)ccc1=O. The van der Waals surface area contributed by atoms with Crippen molar-refractivity contribution in [1.29, 1.82) is 5.41 Å². The van der Waals surface area contributed by atoms with E-state index in [1.807, 2.05) is 6.07 Å². The van der Waals surface area contributed by atoms with Gasteiger partial charge in [-0.25, -0.2) is 4.68 Å². The Morgan fingerprint density at radius 1 is 1.14 bits per heavy atom. The van der Waals surface area contributed by atoms with Crippen LogP contribution in [0.4, 0.5) is 14.5 Å². The number of ether oxygens (including phenoxy) is 1. The molecule has 142 valence electrons. The second kappa shape index (κ2) is 8.81. The van der Waals surface area contributed by atoms with Gasteiger partial charge in [0.2, 0.25) is 5.43 Å². The average molecular weight is 382 g/mol. The summed E-state index contributed by atoms with van der Waals surface area (Å²) in [6.45, 7) is -2.99. The predicted molar refractivity (Wildman–Crippen MR) is 103 cm³/mol. The lowest BCUT2D eigenvalue weighted by molar-refractivity contribution is -0.0499. The number of nitrogens with zero attached hydrogens (tertiary/aromatic N) is 3. The zero-order chi connectivity index (χ0) is 19.9. The van der Waals surface area contributed by atoms with E-state index in [-0.39, 0.29) is 29.0 Å². The van der Waals surface area contributed by atoms with Crippen LogP contribution in [0.2, 0.25) is 0 Å². The maximum atomic E-state index is 12.7. The van der Waals surface area contributed by atoms with Crippen molar-refractivity contribution in [1.82, 2.24) is 9.78 Å². The van der Waals surface area contributed by atoms with E-state index in [4.69, 9.17) is 5.41 Å². The van der Waals surface area contributed by atoms with E-state index in [0.29, 0.717) is 11.4 Å². The summed E-state index contributed by atoms with van der Waals surface area (Å²) in [4.78, 5) is 16.8. The van der Waals surface area contributed by atoms with Gasteiger partial charge in [0.15, 0.2) is 11.4 Å². The average Bonchev–Trinajstić information content (AvgIpc) is 2.69. The predicted octanol–water partition coefficient (Wildman–Crippen LogP) is 3.99. The van der Waals surface area contributed by atoms with Gasteiger partial charge in [0, 0.05) is 24.9 Å². The lowest BCUT2D eigenvalue weighted by Crippen LogP contribution is -2.22. The quantitative estimate of drug-likeness (QED) is 0.628. The summed E-state index contributed by atoms with van der Waals surface area (Å²) in [5.74, 6) is -0.0757. The summed E-state index contributed by atoms with van der Waals surface area (Å²) >= 11 is 0. The maximum Gasteiger partial charge on any atom is 0.387 e. The first kappa shape index (κ1) is 19.1. The minimum atomic E-state index is -2.99. The summed E-state index contributed by atoms with van der Waals surface area (Å²) in [5.41, 5.74) is 0.796. The van der Waals surface area contributed by atoms with Gasteiger partial charge in [-0.05, 0) is 24.3 Å². The second-order valence-corrected chi connectivity index (χ2v) is 5.62. The van der Waals surface area contributed by atoms with Crippen LogP contribution in [0.3, 0.4) is 0 Å². The van der Waals surface area contributed by atoms with Crippen molar-refractivity contribution in [3.63, 3.8) is 0 Å². The van der Waals surface area contributed by atoms with Gasteiger partial charge in [0.05, 0.1) is 11.4 Å². The number of aliphatic imine (C=N–C) groups is 1. The van der Waals surface area contributed by atoms with E-state index in [1.165, 1.54) is 23.0 Å². The van der Waals surface area contributed by atoms with Gasteiger partial charge in [0.25, 0.3) is 0 Å². The fourth-order valence-corrected chi connectivity index (χ4v) is 2.53. The highest BCUT2D eigenvalue weighted by atomic mass is 19.3. The standard InChI is InChI=1S/C20H16F2N4O2/c21-20(22)28-18-9-5-4-8-16(18)26-13-11-17(27)19(25-26)15(10-12-23)24-14-6-2-1-3-7-14/h1-9,11-13,20,23H,10H2. The van der Waals surface area contributed by atoms with Crippen molar-refractivity contribution in [2.24, 2.45) is 4.99 Å². The molecule has 3 aromatic rings. The molecular formula is C20H16F2N4O2. The molecule has 0 amide bonds. The van der Waals surface area contributed by atoms with Crippen LogP contribution in [0.15, 0.2) is 76.6 Å². The number of halogens is 2. The van der Waals surface area contributed by atoms with Crippen molar-refractivity contribution >= 4 is 17.6 Å². The fraction of sp³-hybridized carbons (Fsp3) is 0.100. The molecule has 28 heavy (non-hydrogen) atoms. The zero-order valence-electron chi connectivity index (χ0n) is 14.6. The summed E-state index contributed by atoms with van der Waals surface area (Å²) in [5, 5.41) is 11.7. The van der Waals surface area contributed by atoms with Crippen molar-refractivity contribution in [2.45, 2.75) is 13.0 Å². The molecule has 2 aromatic carbocycles.